The second kappa shape index (κ2) is 4.71. The molecular formula is C11H13BrFN. The first-order chi connectivity index (χ1) is 6.50. The highest BCUT2D eigenvalue weighted by Crippen LogP contribution is 2.26. The molecule has 0 saturated carbocycles. The molecule has 0 aliphatic heterocycles. The van der Waals surface area contributed by atoms with E-state index in [0.29, 0.717) is 10.9 Å². The minimum absolute atomic E-state index is 0.123. The summed E-state index contributed by atoms with van der Waals surface area (Å²) in [6.07, 6.45) is 0.713. The molecule has 14 heavy (non-hydrogen) atoms. The maximum absolute atomic E-state index is 12.8. The van der Waals surface area contributed by atoms with Gasteiger partial charge in [-0.05, 0) is 31.0 Å². The molecular weight excluding hydrogens is 245 g/mol. The fourth-order valence-corrected chi connectivity index (χ4v) is 1.93. The molecule has 0 spiro atoms. The van der Waals surface area contributed by atoms with Crippen molar-refractivity contribution >= 4 is 15.9 Å². The lowest BCUT2D eigenvalue weighted by molar-refractivity contribution is 0.622. The molecule has 0 bridgehead atoms. The standard InChI is InChI=1S/C11H13BrFN/c1-7(2)5-11(14)9-4-3-8(13)6-10(9)12/h3-4,6,11H,1,5,14H2,2H3/t11-/m1/s1. The molecule has 1 nitrogen and oxygen atoms in total. The molecule has 0 amide bonds. The van der Waals surface area contributed by atoms with Crippen molar-refractivity contribution in [3.63, 3.8) is 0 Å². The minimum atomic E-state index is -0.261. The third-order valence-electron chi connectivity index (χ3n) is 1.93. The van der Waals surface area contributed by atoms with Gasteiger partial charge >= 0.3 is 0 Å². The fourth-order valence-electron chi connectivity index (χ4n) is 1.29. The Morgan fingerprint density at radius 2 is 2.29 bits per heavy atom. The third kappa shape index (κ3) is 2.93. The van der Waals surface area contributed by atoms with Crippen LogP contribution in [0.15, 0.2) is 34.8 Å². The van der Waals surface area contributed by atoms with Crippen molar-refractivity contribution in [2.75, 3.05) is 0 Å². The molecule has 1 aromatic carbocycles. The summed E-state index contributed by atoms with van der Waals surface area (Å²) in [6.45, 7) is 5.73. The quantitative estimate of drug-likeness (QED) is 0.824. The summed E-state index contributed by atoms with van der Waals surface area (Å²) in [4.78, 5) is 0. The van der Waals surface area contributed by atoms with Gasteiger partial charge in [-0.2, -0.15) is 0 Å². The molecule has 0 aromatic heterocycles. The van der Waals surface area contributed by atoms with Crippen LogP contribution in [0.4, 0.5) is 4.39 Å². The Morgan fingerprint density at radius 1 is 1.64 bits per heavy atom. The number of hydrogen-bond acceptors (Lipinski definition) is 1. The van der Waals surface area contributed by atoms with Crippen LogP contribution in [0.5, 0.6) is 0 Å². The van der Waals surface area contributed by atoms with E-state index in [4.69, 9.17) is 5.73 Å². The maximum atomic E-state index is 12.8. The van der Waals surface area contributed by atoms with Crippen molar-refractivity contribution in [2.45, 2.75) is 19.4 Å². The van der Waals surface area contributed by atoms with Gasteiger partial charge in [0.25, 0.3) is 0 Å². The monoisotopic (exact) mass is 257 g/mol. The predicted molar refractivity (Wildman–Crippen MR) is 60.5 cm³/mol. The number of rotatable bonds is 3. The van der Waals surface area contributed by atoms with Crippen LogP contribution in [0.3, 0.4) is 0 Å². The van der Waals surface area contributed by atoms with Crippen LogP contribution < -0.4 is 5.73 Å². The summed E-state index contributed by atoms with van der Waals surface area (Å²) in [5.41, 5.74) is 7.87. The zero-order valence-electron chi connectivity index (χ0n) is 8.06. The number of halogens is 2. The first-order valence-corrected chi connectivity index (χ1v) is 5.15. The molecule has 3 heteroatoms. The van der Waals surface area contributed by atoms with E-state index in [9.17, 15) is 4.39 Å². The van der Waals surface area contributed by atoms with E-state index < -0.39 is 0 Å². The van der Waals surface area contributed by atoms with E-state index in [1.807, 2.05) is 6.92 Å². The van der Waals surface area contributed by atoms with Crippen LogP contribution in [0.1, 0.15) is 24.9 Å². The van der Waals surface area contributed by atoms with E-state index in [2.05, 4.69) is 22.5 Å². The number of benzene rings is 1. The van der Waals surface area contributed by atoms with Gasteiger partial charge in [0.15, 0.2) is 0 Å². The highest BCUT2D eigenvalue weighted by Gasteiger charge is 2.10. The summed E-state index contributed by atoms with van der Waals surface area (Å²) in [5.74, 6) is -0.261. The van der Waals surface area contributed by atoms with Crippen LogP contribution in [-0.4, -0.2) is 0 Å². The normalized spacial score (nSPS) is 12.6. The van der Waals surface area contributed by atoms with Gasteiger partial charge in [0.2, 0.25) is 0 Å². The van der Waals surface area contributed by atoms with Crippen LogP contribution in [0, 0.1) is 5.82 Å². The summed E-state index contributed by atoms with van der Waals surface area (Å²) in [7, 11) is 0. The first kappa shape index (κ1) is 11.4. The molecule has 76 valence electrons. The Bertz CT molecular complexity index is 349. The minimum Gasteiger partial charge on any atom is -0.324 e. The van der Waals surface area contributed by atoms with Crippen molar-refractivity contribution in [1.29, 1.82) is 0 Å². The number of nitrogens with two attached hydrogens (primary N) is 1. The fraction of sp³-hybridized carbons (Fsp3) is 0.273. The molecule has 0 aliphatic carbocycles. The zero-order chi connectivity index (χ0) is 10.7. The third-order valence-corrected chi connectivity index (χ3v) is 2.62. The largest absolute Gasteiger partial charge is 0.324 e. The first-order valence-electron chi connectivity index (χ1n) is 4.35. The molecule has 0 heterocycles. The summed E-state index contributed by atoms with van der Waals surface area (Å²) in [6, 6.07) is 4.42. The molecule has 1 aromatic rings. The van der Waals surface area contributed by atoms with Gasteiger partial charge in [-0.3, -0.25) is 0 Å². The van der Waals surface area contributed by atoms with Gasteiger partial charge in [-0.15, -0.1) is 6.58 Å². The van der Waals surface area contributed by atoms with Crippen molar-refractivity contribution in [1.82, 2.24) is 0 Å². The Morgan fingerprint density at radius 3 is 2.79 bits per heavy atom. The van der Waals surface area contributed by atoms with Gasteiger partial charge < -0.3 is 5.73 Å². The Kier molecular flexibility index (Phi) is 3.84. The molecule has 0 saturated heterocycles. The van der Waals surface area contributed by atoms with Crippen molar-refractivity contribution < 1.29 is 4.39 Å². The average Bonchev–Trinajstić information content (AvgIpc) is 2.01. The molecule has 0 radical (unpaired) electrons. The second-order valence-electron chi connectivity index (χ2n) is 3.43. The SMILES string of the molecule is C=C(C)C[C@@H](N)c1ccc(F)cc1Br. The van der Waals surface area contributed by atoms with Gasteiger partial charge in [-0.1, -0.05) is 27.6 Å². The highest BCUT2D eigenvalue weighted by atomic mass is 79.9. The molecule has 2 N–H and O–H groups in total. The van der Waals surface area contributed by atoms with Crippen LogP contribution in [0.2, 0.25) is 0 Å². The molecule has 0 unspecified atom stereocenters. The maximum Gasteiger partial charge on any atom is 0.124 e. The second-order valence-corrected chi connectivity index (χ2v) is 4.29. The Hall–Kier alpha value is -0.670. The number of hydrogen-bond donors (Lipinski definition) is 1. The van der Waals surface area contributed by atoms with E-state index in [1.54, 1.807) is 6.07 Å². The summed E-state index contributed by atoms with van der Waals surface area (Å²) < 4.78 is 13.5. The van der Waals surface area contributed by atoms with E-state index in [-0.39, 0.29) is 11.9 Å². The van der Waals surface area contributed by atoms with Gasteiger partial charge in [-0.25, -0.2) is 4.39 Å². The van der Waals surface area contributed by atoms with Crippen molar-refractivity contribution in [3.8, 4) is 0 Å². The zero-order valence-corrected chi connectivity index (χ0v) is 9.64. The van der Waals surface area contributed by atoms with Gasteiger partial charge in [0.05, 0.1) is 0 Å². The van der Waals surface area contributed by atoms with E-state index >= 15 is 0 Å². The van der Waals surface area contributed by atoms with Gasteiger partial charge in [0.1, 0.15) is 5.82 Å². The summed E-state index contributed by atoms with van der Waals surface area (Å²) in [5, 5.41) is 0. The van der Waals surface area contributed by atoms with Crippen molar-refractivity contribution in [2.24, 2.45) is 5.73 Å². The Balaban J connectivity index is 2.90. The summed E-state index contributed by atoms with van der Waals surface area (Å²) >= 11 is 3.29. The Labute approximate surface area is 91.9 Å². The van der Waals surface area contributed by atoms with Gasteiger partial charge in [0, 0.05) is 10.5 Å². The highest BCUT2D eigenvalue weighted by molar-refractivity contribution is 9.10. The molecule has 1 atom stereocenters. The lowest BCUT2D eigenvalue weighted by atomic mass is 10.0. The van der Waals surface area contributed by atoms with E-state index in [0.717, 1.165) is 11.1 Å². The lowest BCUT2D eigenvalue weighted by Gasteiger charge is -2.13. The predicted octanol–water partition coefficient (Wildman–Crippen LogP) is 3.55. The average molecular weight is 258 g/mol. The van der Waals surface area contributed by atoms with E-state index in [1.165, 1.54) is 12.1 Å². The lowest BCUT2D eigenvalue weighted by Crippen LogP contribution is -2.11. The van der Waals surface area contributed by atoms with Crippen molar-refractivity contribution in [3.05, 3.63) is 46.2 Å². The molecule has 1 rings (SSSR count). The smallest absolute Gasteiger partial charge is 0.124 e. The van der Waals surface area contributed by atoms with Crippen LogP contribution in [-0.2, 0) is 0 Å². The van der Waals surface area contributed by atoms with Crippen LogP contribution in [0.25, 0.3) is 0 Å². The molecule has 0 fully saturated rings. The topological polar surface area (TPSA) is 26.0 Å². The molecule has 0 aliphatic rings. The van der Waals surface area contributed by atoms with Crippen LogP contribution >= 0.6 is 15.9 Å².